The molecule has 4 aromatic heterocycles. The van der Waals surface area contributed by atoms with Crippen molar-refractivity contribution in [3.63, 3.8) is 0 Å². The van der Waals surface area contributed by atoms with Crippen LogP contribution in [0.15, 0.2) is 154 Å². The molecule has 0 saturated heterocycles. The summed E-state index contributed by atoms with van der Waals surface area (Å²) in [6.07, 6.45) is 13.5. The van der Waals surface area contributed by atoms with Gasteiger partial charge in [0.05, 0.1) is 37.3 Å². The molecule has 4 aromatic carbocycles. The summed E-state index contributed by atoms with van der Waals surface area (Å²) in [5.41, 5.74) is 4.45. The first-order valence-corrected chi connectivity index (χ1v) is 23.6. The van der Waals surface area contributed by atoms with E-state index in [2.05, 4.69) is 32.5 Å². The number of rotatable bonds is 14. The standard InChI is InChI=1S/C26H27N3O4S.C22H19FN4O3S/c1-3-4-15-33-22-8-11-24(19(2)16-22)34(31,32)23-9-5-20(6-10-23)17-28-26(30)21-7-12-25-27-13-14-29(25)18-21;1-14-10-20(15(2)9-19(14)23)31(29,30)18-5-3-16(4-6-18)11-25-21(28)17-12-26-22-24-7-8-27(22)13-17/h5-14,16,18H,3-4,15,17H2,1-2H3,(H,28,30);3-10,12-13H,11H2,1-2H3,(H,25,28). The SMILES string of the molecule is CCCCOc1ccc(S(=O)(=O)c2ccc(CNC(=O)c3ccc4nccn4c3)cc2)c(C)c1.Cc1cc(S(=O)(=O)c2ccc(CNC(=O)c3cnc4nccn4c3)cc2)c(C)cc1F. The summed E-state index contributed by atoms with van der Waals surface area (Å²) in [6, 6.07) is 23.9. The molecule has 0 spiro atoms. The lowest BCUT2D eigenvalue weighted by molar-refractivity contribution is 0.0942. The molecule has 4 heterocycles. The summed E-state index contributed by atoms with van der Waals surface area (Å²) in [5.74, 6) is 0.203. The van der Waals surface area contributed by atoms with Gasteiger partial charge < -0.3 is 19.8 Å². The van der Waals surface area contributed by atoms with E-state index in [-0.39, 0.29) is 50.0 Å². The molecule has 0 unspecified atom stereocenters. The first-order chi connectivity index (χ1) is 31.1. The first kappa shape index (κ1) is 45.8. The molecule has 65 heavy (non-hydrogen) atoms. The zero-order valence-corrected chi connectivity index (χ0v) is 37.7. The number of carbonyl (C=O) groups excluding carboxylic acids is 2. The molecule has 0 aliphatic carbocycles. The Balaban J connectivity index is 0.000000195. The van der Waals surface area contributed by atoms with Crippen LogP contribution in [0.2, 0.25) is 0 Å². The minimum Gasteiger partial charge on any atom is -0.494 e. The molecule has 14 nitrogen and oxygen atoms in total. The van der Waals surface area contributed by atoms with Crippen molar-refractivity contribution in [1.29, 1.82) is 0 Å². The fraction of sp³-hybridized carbons (Fsp3) is 0.188. The van der Waals surface area contributed by atoms with Crippen LogP contribution in [-0.2, 0) is 32.8 Å². The number of amides is 2. The van der Waals surface area contributed by atoms with Crippen LogP contribution in [0, 0.1) is 26.6 Å². The van der Waals surface area contributed by atoms with Gasteiger partial charge in [0.25, 0.3) is 11.8 Å². The van der Waals surface area contributed by atoms with E-state index in [0.717, 1.165) is 29.6 Å². The van der Waals surface area contributed by atoms with Crippen LogP contribution in [0.1, 0.15) is 68.3 Å². The summed E-state index contributed by atoms with van der Waals surface area (Å²) in [4.78, 5) is 37.8. The highest BCUT2D eigenvalue weighted by Crippen LogP contribution is 2.28. The van der Waals surface area contributed by atoms with Gasteiger partial charge in [0.15, 0.2) is 0 Å². The second-order valence-electron chi connectivity index (χ2n) is 15.2. The molecule has 17 heteroatoms. The van der Waals surface area contributed by atoms with Gasteiger partial charge in [0.2, 0.25) is 25.5 Å². The number of pyridine rings is 1. The van der Waals surface area contributed by atoms with Crippen LogP contribution in [0.25, 0.3) is 11.4 Å². The van der Waals surface area contributed by atoms with Crippen LogP contribution in [0.3, 0.4) is 0 Å². The van der Waals surface area contributed by atoms with Crippen LogP contribution in [0.4, 0.5) is 4.39 Å². The summed E-state index contributed by atoms with van der Waals surface area (Å²) < 4.78 is 75.0. The Morgan fingerprint density at radius 2 is 1.23 bits per heavy atom. The molecule has 8 rings (SSSR count). The number of sulfone groups is 2. The van der Waals surface area contributed by atoms with Crippen molar-refractivity contribution in [2.24, 2.45) is 0 Å². The Labute approximate surface area is 376 Å². The highest BCUT2D eigenvalue weighted by Gasteiger charge is 2.22. The number of imidazole rings is 2. The second kappa shape index (κ2) is 19.7. The summed E-state index contributed by atoms with van der Waals surface area (Å²) >= 11 is 0. The first-order valence-electron chi connectivity index (χ1n) is 20.6. The van der Waals surface area contributed by atoms with Gasteiger partial charge in [-0.25, -0.2) is 36.2 Å². The van der Waals surface area contributed by atoms with E-state index in [1.54, 1.807) is 127 Å². The van der Waals surface area contributed by atoms with E-state index >= 15 is 0 Å². The number of unbranched alkanes of at least 4 members (excludes halogenated alkanes) is 1. The monoisotopic (exact) mass is 915 g/mol. The Bertz CT molecular complexity index is 3240. The minimum absolute atomic E-state index is 0.0786. The molecule has 8 aromatic rings. The van der Waals surface area contributed by atoms with E-state index < -0.39 is 25.5 Å². The molecule has 0 radical (unpaired) electrons. The molecule has 334 valence electrons. The molecule has 0 fully saturated rings. The third-order valence-electron chi connectivity index (χ3n) is 10.5. The van der Waals surface area contributed by atoms with E-state index in [9.17, 15) is 30.8 Å². The Kier molecular flexibility index (Phi) is 13.8. The van der Waals surface area contributed by atoms with Crippen molar-refractivity contribution >= 4 is 42.9 Å². The van der Waals surface area contributed by atoms with Gasteiger partial charge in [-0.2, -0.15) is 0 Å². The van der Waals surface area contributed by atoms with E-state index in [1.165, 1.54) is 37.4 Å². The van der Waals surface area contributed by atoms with Crippen LogP contribution >= 0.6 is 0 Å². The number of nitrogens with zero attached hydrogens (tertiary/aromatic N) is 5. The number of hydrogen-bond acceptors (Lipinski definition) is 10. The average Bonchev–Trinajstić information content (AvgIpc) is 3.99. The topological polar surface area (TPSA) is 183 Å². The van der Waals surface area contributed by atoms with Gasteiger partial charge in [-0.15, -0.1) is 0 Å². The van der Waals surface area contributed by atoms with E-state index in [0.29, 0.717) is 40.4 Å². The predicted molar refractivity (Wildman–Crippen MR) is 242 cm³/mol. The molecule has 0 aliphatic rings. The van der Waals surface area contributed by atoms with E-state index in [1.807, 2.05) is 0 Å². The number of carbonyl (C=O) groups is 2. The lowest BCUT2D eigenvalue weighted by Crippen LogP contribution is -2.23. The molecule has 2 amide bonds. The number of halogens is 1. The number of benzene rings is 4. The van der Waals surface area contributed by atoms with Crippen molar-refractivity contribution in [3.05, 3.63) is 179 Å². The number of ether oxygens (including phenoxy) is 1. The van der Waals surface area contributed by atoms with Crippen molar-refractivity contribution in [2.75, 3.05) is 6.61 Å². The quantitative estimate of drug-likeness (QED) is 0.0806. The summed E-state index contributed by atoms with van der Waals surface area (Å²) in [5, 5.41) is 5.64. The normalized spacial score (nSPS) is 11.5. The van der Waals surface area contributed by atoms with Crippen LogP contribution < -0.4 is 15.4 Å². The fourth-order valence-corrected chi connectivity index (χ4v) is 9.82. The minimum atomic E-state index is -3.79. The maximum absolute atomic E-state index is 13.7. The maximum atomic E-state index is 13.7. The second-order valence-corrected chi connectivity index (χ2v) is 19.1. The zero-order chi connectivity index (χ0) is 46.3. The summed E-state index contributed by atoms with van der Waals surface area (Å²) in [7, 11) is -7.46. The van der Waals surface area contributed by atoms with Crippen molar-refractivity contribution in [2.45, 2.75) is 73.2 Å². The van der Waals surface area contributed by atoms with Crippen molar-refractivity contribution in [1.82, 2.24) is 34.4 Å². The molecule has 0 aliphatic heterocycles. The van der Waals surface area contributed by atoms with Crippen molar-refractivity contribution < 1.29 is 35.6 Å². The lowest BCUT2D eigenvalue weighted by Gasteiger charge is -2.12. The number of hydrogen-bond donors (Lipinski definition) is 2. The molecule has 2 N–H and O–H groups in total. The van der Waals surface area contributed by atoms with Gasteiger partial charge in [-0.1, -0.05) is 37.6 Å². The molecular formula is C48H46FN7O7S2. The fourth-order valence-electron chi connectivity index (χ4n) is 6.78. The van der Waals surface area contributed by atoms with Gasteiger partial charge in [-0.3, -0.25) is 14.0 Å². The van der Waals surface area contributed by atoms with Gasteiger partial charge in [-0.05, 0) is 122 Å². The van der Waals surface area contributed by atoms with Crippen LogP contribution in [-0.4, -0.2) is 59.0 Å². The Morgan fingerprint density at radius 3 is 1.88 bits per heavy atom. The molecule has 0 bridgehead atoms. The number of fused-ring (bicyclic) bond motifs is 2. The number of nitrogens with one attached hydrogen (secondary N) is 2. The summed E-state index contributed by atoms with van der Waals surface area (Å²) in [6.45, 7) is 8.06. The highest BCUT2D eigenvalue weighted by molar-refractivity contribution is 7.91. The molecular weight excluding hydrogens is 870 g/mol. The number of aromatic nitrogens is 5. The zero-order valence-electron chi connectivity index (χ0n) is 36.0. The molecule has 0 saturated carbocycles. The van der Waals surface area contributed by atoms with Gasteiger partial charge in [0.1, 0.15) is 17.2 Å². The Hall–Kier alpha value is -7.24. The Morgan fingerprint density at radius 1 is 0.646 bits per heavy atom. The highest BCUT2D eigenvalue weighted by atomic mass is 32.2. The largest absolute Gasteiger partial charge is 0.494 e. The third kappa shape index (κ3) is 10.6. The van der Waals surface area contributed by atoms with Gasteiger partial charge >= 0.3 is 0 Å². The maximum Gasteiger partial charge on any atom is 0.254 e. The third-order valence-corrected chi connectivity index (χ3v) is 14.3. The van der Waals surface area contributed by atoms with E-state index in [4.69, 9.17) is 4.74 Å². The average molecular weight is 916 g/mol. The molecule has 0 atom stereocenters. The number of aryl methyl sites for hydroxylation is 3. The van der Waals surface area contributed by atoms with Crippen LogP contribution in [0.5, 0.6) is 5.75 Å². The van der Waals surface area contributed by atoms with Gasteiger partial charge in [0, 0.05) is 56.5 Å². The smallest absolute Gasteiger partial charge is 0.254 e. The predicted octanol–water partition coefficient (Wildman–Crippen LogP) is 7.83. The van der Waals surface area contributed by atoms with Crippen molar-refractivity contribution in [3.8, 4) is 5.75 Å². The lowest BCUT2D eigenvalue weighted by atomic mass is 10.1.